The molecule has 3 aliphatic rings. The van der Waals surface area contributed by atoms with Crippen molar-refractivity contribution in [1.82, 2.24) is 15.2 Å². The maximum absolute atomic E-state index is 13.9. The van der Waals surface area contributed by atoms with Crippen molar-refractivity contribution >= 4 is 27.5 Å². The number of halogens is 1. The van der Waals surface area contributed by atoms with Crippen LogP contribution in [0.1, 0.15) is 32.3 Å². The molecule has 1 saturated carbocycles. The van der Waals surface area contributed by atoms with E-state index in [1.165, 1.54) is 23.0 Å². The van der Waals surface area contributed by atoms with Crippen LogP contribution in [0.5, 0.6) is 10.9 Å². The molecule has 1 aromatic heterocycles. The zero-order valence-electron chi connectivity index (χ0n) is 17.7. The Morgan fingerprint density at radius 1 is 1.23 bits per heavy atom. The van der Waals surface area contributed by atoms with Crippen molar-refractivity contribution < 1.29 is 13.9 Å². The van der Waals surface area contributed by atoms with E-state index in [9.17, 15) is 9.18 Å². The number of benzene rings is 2. The number of fused-ring (bicyclic) bond motifs is 3. The number of nitrogens with one attached hydrogen (secondary N) is 1. The standard InChI is InChI=1S/C24H26FN3O2S/c1-14-21-12-17(26-15(2)29)13-22(14)28(21)11-10-16-6-8-18(9-7-16)30-24-27-20-5-3-4-19(25)23(20)31-24/h3-9,14,17,21-22H,10-13H2,1-2H3,(H,26,29)/t14?,17?,21-,22?/m1/s1. The van der Waals surface area contributed by atoms with Gasteiger partial charge in [-0.15, -0.1) is 0 Å². The minimum atomic E-state index is -0.270. The Hall–Kier alpha value is -2.51. The minimum absolute atomic E-state index is 0.0730. The lowest BCUT2D eigenvalue weighted by atomic mass is 9.69. The predicted molar refractivity (Wildman–Crippen MR) is 120 cm³/mol. The highest BCUT2D eigenvalue weighted by Crippen LogP contribution is 2.43. The van der Waals surface area contributed by atoms with E-state index in [1.54, 1.807) is 19.1 Å². The predicted octanol–water partition coefficient (Wildman–Crippen LogP) is 4.76. The molecule has 3 aromatic rings. The third kappa shape index (κ3) is 4.04. The lowest BCUT2D eigenvalue weighted by Crippen LogP contribution is -2.69. The van der Waals surface area contributed by atoms with Crippen LogP contribution in [0.25, 0.3) is 10.2 Å². The van der Waals surface area contributed by atoms with Crippen LogP contribution in [0.4, 0.5) is 4.39 Å². The smallest absolute Gasteiger partial charge is 0.279 e. The van der Waals surface area contributed by atoms with E-state index in [0.29, 0.717) is 45.2 Å². The highest BCUT2D eigenvalue weighted by atomic mass is 32.1. The molecule has 31 heavy (non-hydrogen) atoms. The van der Waals surface area contributed by atoms with Crippen LogP contribution in [0.15, 0.2) is 42.5 Å². The number of thiazole rings is 1. The highest BCUT2D eigenvalue weighted by molar-refractivity contribution is 7.20. The summed E-state index contributed by atoms with van der Waals surface area (Å²) in [6, 6.07) is 14.4. The monoisotopic (exact) mass is 439 g/mol. The Bertz CT molecular complexity index is 1090. The first-order chi connectivity index (χ1) is 15.0. The summed E-state index contributed by atoms with van der Waals surface area (Å²) in [5.41, 5.74) is 1.88. The molecule has 2 saturated heterocycles. The van der Waals surface area contributed by atoms with Crippen LogP contribution in [-0.4, -0.2) is 40.5 Å². The van der Waals surface area contributed by atoms with Crippen molar-refractivity contribution in [3.63, 3.8) is 0 Å². The summed E-state index contributed by atoms with van der Waals surface area (Å²) in [6.07, 6.45) is 3.08. The summed E-state index contributed by atoms with van der Waals surface area (Å²) in [7, 11) is 0. The topological polar surface area (TPSA) is 54.5 Å². The lowest BCUT2D eigenvalue weighted by molar-refractivity contribution is -0.124. The average Bonchev–Trinajstić information content (AvgIpc) is 3.16. The van der Waals surface area contributed by atoms with Gasteiger partial charge in [-0.05, 0) is 55.0 Å². The van der Waals surface area contributed by atoms with Crippen LogP contribution in [0, 0.1) is 11.7 Å². The van der Waals surface area contributed by atoms with Gasteiger partial charge in [0.25, 0.3) is 5.19 Å². The third-order valence-corrected chi connectivity index (χ3v) is 7.62. The fourth-order valence-electron chi connectivity index (χ4n) is 5.14. The summed E-state index contributed by atoms with van der Waals surface area (Å²) in [4.78, 5) is 18.3. The van der Waals surface area contributed by atoms with Crippen molar-refractivity contribution in [2.24, 2.45) is 5.92 Å². The van der Waals surface area contributed by atoms with Crippen LogP contribution in [0.3, 0.4) is 0 Å². The van der Waals surface area contributed by atoms with Crippen molar-refractivity contribution in [1.29, 1.82) is 0 Å². The summed E-state index contributed by atoms with van der Waals surface area (Å²) in [5, 5.41) is 3.54. The first-order valence-electron chi connectivity index (χ1n) is 10.8. The quantitative estimate of drug-likeness (QED) is 0.602. The maximum atomic E-state index is 13.9. The number of carbonyl (C=O) groups is 1. The van der Waals surface area contributed by atoms with Crippen LogP contribution in [0.2, 0.25) is 0 Å². The SMILES string of the molecule is CC(=O)NC1CC2C(C)[C@@H](C1)N2CCc1ccc(Oc2nc3cccc(F)c3s2)cc1. The Kier molecular flexibility index (Phi) is 5.40. The van der Waals surface area contributed by atoms with E-state index in [-0.39, 0.29) is 11.7 Å². The molecule has 162 valence electrons. The van der Waals surface area contributed by atoms with Gasteiger partial charge < -0.3 is 10.1 Å². The second kappa shape index (κ2) is 8.20. The molecule has 2 aromatic carbocycles. The average molecular weight is 440 g/mol. The number of rotatable bonds is 6. The van der Waals surface area contributed by atoms with Crippen molar-refractivity contribution in [3.8, 4) is 10.9 Å². The molecule has 2 aliphatic heterocycles. The molecule has 1 aliphatic carbocycles. The van der Waals surface area contributed by atoms with Crippen molar-refractivity contribution in [2.75, 3.05) is 6.54 Å². The minimum Gasteiger partial charge on any atom is -0.431 e. The number of ether oxygens (including phenoxy) is 1. The number of piperidine rings is 1. The van der Waals surface area contributed by atoms with Gasteiger partial charge in [0.1, 0.15) is 11.6 Å². The van der Waals surface area contributed by atoms with Gasteiger partial charge in [-0.3, -0.25) is 9.69 Å². The third-order valence-electron chi connectivity index (χ3n) is 6.66. The van der Waals surface area contributed by atoms with Crippen molar-refractivity contribution in [2.45, 2.75) is 51.2 Å². The number of hydrogen-bond donors (Lipinski definition) is 1. The molecule has 0 spiro atoms. The summed E-state index contributed by atoms with van der Waals surface area (Å²) < 4.78 is 20.2. The molecule has 1 N–H and O–H groups in total. The van der Waals surface area contributed by atoms with Gasteiger partial charge in [0.15, 0.2) is 0 Å². The van der Waals surface area contributed by atoms with Gasteiger partial charge in [0.05, 0.1) is 10.2 Å². The van der Waals surface area contributed by atoms with Gasteiger partial charge in [-0.2, -0.15) is 0 Å². The molecule has 2 bridgehead atoms. The van der Waals surface area contributed by atoms with Crippen LogP contribution in [-0.2, 0) is 11.2 Å². The Morgan fingerprint density at radius 2 is 1.97 bits per heavy atom. The Labute approximate surface area is 185 Å². The number of hydrogen-bond acceptors (Lipinski definition) is 5. The second-order valence-electron chi connectivity index (χ2n) is 8.66. The summed E-state index contributed by atoms with van der Waals surface area (Å²) in [5.74, 6) is 1.22. The van der Waals surface area contributed by atoms with E-state index in [2.05, 4.69) is 34.3 Å². The van der Waals surface area contributed by atoms with Gasteiger partial charge in [-0.1, -0.05) is 36.5 Å². The molecular weight excluding hydrogens is 413 g/mol. The fourth-order valence-corrected chi connectivity index (χ4v) is 5.98. The molecule has 1 amide bonds. The molecule has 5 nitrogen and oxygen atoms in total. The molecule has 3 heterocycles. The van der Waals surface area contributed by atoms with Gasteiger partial charge in [-0.25, -0.2) is 9.37 Å². The Morgan fingerprint density at radius 3 is 2.65 bits per heavy atom. The molecule has 7 heteroatoms. The Balaban J connectivity index is 1.17. The fraction of sp³-hybridized carbons (Fsp3) is 0.417. The van der Waals surface area contributed by atoms with E-state index in [1.807, 2.05) is 12.1 Å². The van der Waals surface area contributed by atoms with Crippen molar-refractivity contribution in [3.05, 3.63) is 53.8 Å². The first-order valence-corrected chi connectivity index (χ1v) is 11.6. The molecule has 3 fully saturated rings. The zero-order chi connectivity index (χ0) is 21.5. The number of carbonyl (C=O) groups excluding carboxylic acids is 1. The van der Waals surface area contributed by atoms with Crippen LogP contribution >= 0.6 is 11.3 Å². The number of nitrogens with zero attached hydrogens (tertiary/aromatic N) is 2. The van der Waals surface area contributed by atoms with Gasteiger partial charge in [0.2, 0.25) is 5.91 Å². The van der Waals surface area contributed by atoms with E-state index < -0.39 is 0 Å². The largest absolute Gasteiger partial charge is 0.431 e. The first kappa shape index (κ1) is 20.4. The lowest BCUT2D eigenvalue weighted by Gasteiger charge is -2.60. The normalized spacial score (nSPS) is 25.3. The molecule has 3 unspecified atom stereocenters. The number of amides is 1. The molecule has 0 radical (unpaired) electrons. The van der Waals surface area contributed by atoms with Gasteiger partial charge >= 0.3 is 0 Å². The number of aromatic nitrogens is 1. The second-order valence-corrected chi connectivity index (χ2v) is 9.63. The highest BCUT2D eigenvalue weighted by Gasteiger charge is 2.50. The summed E-state index contributed by atoms with van der Waals surface area (Å²) >= 11 is 1.22. The molecule has 6 rings (SSSR count). The molecule has 4 atom stereocenters. The van der Waals surface area contributed by atoms with E-state index in [4.69, 9.17) is 4.74 Å². The summed E-state index contributed by atoms with van der Waals surface area (Å²) in [6.45, 7) is 4.96. The molecular formula is C24H26FN3O2S. The van der Waals surface area contributed by atoms with Gasteiger partial charge in [0, 0.05) is 31.6 Å². The maximum Gasteiger partial charge on any atom is 0.279 e. The van der Waals surface area contributed by atoms with E-state index >= 15 is 0 Å². The van der Waals surface area contributed by atoms with E-state index in [0.717, 1.165) is 25.8 Å². The van der Waals surface area contributed by atoms with Crippen LogP contribution < -0.4 is 10.1 Å². The zero-order valence-corrected chi connectivity index (χ0v) is 18.5.